The quantitative estimate of drug-likeness (QED) is 0.786. The largest absolute Gasteiger partial charge is 0.327 e. The predicted molar refractivity (Wildman–Crippen MR) is 87.6 cm³/mol. The van der Waals surface area contributed by atoms with E-state index in [1.54, 1.807) is 0 Å². The van der Waals surface area contributed by atoms with Crippen molar-refractivity contribution in [2.75, 3.05) is 5.75 Å². The van der Waals surface area contributed by atoms with Gasteiger partial charge in [0.05, 0.1) is 0 Å². The fraction of sp³-hybridized carbons (Fsp3) is 0.250. The fourth-order valence-electron chi connectivity index (χ4n) is 1.84. The topological polar surface area (TPSA) is 26.0 Å². The Kier molecular flexibility index (Phi) is 5.95. The van der Waals surface area contributed by atoms with Crippen LogP contribution in [0.25, 0.3) is 0 Å². The van der Waals surface area contributed by atoms with Gasteiger partial charge < -0.3 is 5.73 Å². The van der Waals surface area contributed by atoms with E-state index in [2.05, 4.69) is 58.4 Å². The molecule has 1 unspecified atom stereocenters. The second kappa shape index (κ2) is 7.73. The van der Waals surface area contributed by atoms with E-state index < -0.39 is 0 Å². The molecule has 2 N–H and O–H groups in total. The average molecular weight is 336 g/mol. The summed E-state index contributed by atoms with van der Waals surface area (Å²) < 4.78 is 1.15. The van der Waals surface area contributed by atoms with E-state index in [0.717, 1.165) is 23.1 Å². The maximum Gasteiger partial charge on any atom is 0.0311 e. The van der Waals surface area contributed by atoms with Crippen LogP contribution in [-0.2, 0) is 6.42 Å². The number of nitrogens with two attached hydrogens (primary N) is 1. The van der Waals surface area contributed by atoms with Crippen LogP contribution in [0.2, 0.25) is 0 Å². The molecule has 2 aromatic rings. The summed E-state index contributed by atoms with van der Waals surface area (Å²) in [5, 5.41) is 0. The van der Waals surface area contributed by atoms with Gasteiger partial charge in [0.15, 0.2) is 0 Å². The van der Waals surface area contributed by atoms with E-state index in [4.69, 9.17) is 5.73 Å². The van der Waals surface area contributed by atoms with Gasteiger partial charge in [-0.15, -0.1) is 11.8 Å². The summed E-state index contributed by atoms with van der Waals surface area (Å²) in [7, 11) is 0. The third-order valence-corrected chi connectivity index (χ3v) is 5.15. The van der Waals surface area contributed by atoms with Crippen molar-refractivity contribution in [3.05, 3.63) is 64.6 Å². The molecule has 100 valence electrons. The zero-order valence-corrected chi connectivity index (χ0v) is 13.2. The number of rotatable bonds is 6. The first-order valence-corrected chi connectivity index (χ1v) is 8.20. The van der Waals surface area contributed by atoms with E-state index in [1.165, 1.54) is 10.5 Å². The molecule has 2 rings (SSSR count). The van der Waals surface area contributed by atoms with Crippen LogP contribution in [0.15, 0.2) is 64.0 Å². The standard InChI is InChI=1S/C16H18BrNS/c17-15-8-4-5-9-16(15)19-12-14(18)11-10-13-6-2-1-3-7-13/h1-9,14H,10-12,18H2. The molecule has 19 heavy (non-hydrogen) atoms. The SMILES string of the molecule is NC(CCc1ccccc1)CSc1ccccc1Br. The Morgan fingerprint density at radius 2 is 1.68 bits per heavy atom. The van der Waals surface area contributed by atoms with Crippen LogP contribution in [0.5, 0.6) is 0 Å². The number of thioether (sulfide) groups is 1. The van der Waals surface area contributed by atoms with Gasteiger partial charge in [-0.3, -0.25) is 0 Å². The van der Waals surface area contributed by atoms with Crippen molar-refractivity contribution in [1.29, 1.82) is 0 Å². The van der Waals surface area contributed by atoms with Crippen molar-refractivity contribution in [2.24, 2.45) is 5.73 Å². The molecular weight excluding hydrogens is 318 g/mol. The Bertz CT molecular complexity index is 501. The van der Waals surface area contributed by atoms with Gasteiger partial charge in [0, 0.05) is 21.2 Å². The summed E-state index contributed by atoms with van der Waals surface area (Å²) in [6.45, 7) is 0. The van der Waals surface area contributed by atoms with Gasteiger partial charge in [-0.2, -0.15) is 0 Å². The van der Waals surface area contributed by atoms with Gasteiger partial charge in [0.1, 0.15) is 0 Å². The lowest BCUT2D eigenvalue weighted by Crippen LogP contribution is -2.23. The Morgan fingerprint density at radius 3 is 2.42 bits per heavy atom. The first-order valence-electron chi connectivity index (χ1n) is 6.42. The van der Waals surface area contributed by atoms with Gasteiger partial charge in [0.25, 0.3) is 0 Å². The predicted octanol–water partition coefficient (Wildman–Crippen LogP) is 4.50. The Balaban J connectivity index is 1.76. The van der Waals surface area contributed by atoms with Crippen LogP contribution in [0.3, 0.4) is 0 Å². The minimum atomic E-state index is 0.234. The third kappa shape index (κ3) is 5.01. The van der Waals surface area contributed by atoms with E-state index >= 15 is 0 Å². The monoisotopic (exact) mass is 335 g/mol. The minimum absolute atomic E-state index is 0.234. The van der Waals surface area contributed by atoms with E-state index in [-0.39, 0.29) is 6.04 Å². The number of halogens is 1. The highest BCUT2D eigenvalue weighted by Crippen LogP contribution is 2.27. The van der Waals surface area contributed by atoms with Gasteiger partial charge in [0.2, 0.25) is 0 Å². The van der Waals surface area contributed by atoms with Gasteiger partial charge in [-0.25, -0.2) is 0 Å². The maximum atomic E-state index is 6.18. The Labute approximate surface area is 127 Å². The van der Waals surface area contributed by atoms with E-state index in [0.29, 0.717) is 0 Å². The van der Waals surface area contributed by atoms with E-state index in [9.17, 15) is 0 Å². The van der Waals surface area contributed by atoms with Crippen molar-refractivity contribution in [1.82, 2.24) is 0 Å². The van der Waals surface area contributed by atoms with Crippen molar-refractivity contribution in [3.8, 4) is 0 Å². The molecule has 0 aliphatic rings. The lowest BCUT2D eigenvalue weighted by molar-refractivity contribution is 0.674. The molecule has 1 nitrogen and oxygen atoms in total. The highest BCUT2D eigenvalue weighted by Gasteiger charge is 2.06. The van der Waals surface area contributed by atoms with Crippen LogP contribution in [0, 0.1) is 0 Å². The lowest BCUT2D eigenvalue weighted by Gasteiger charge is -2.12. The van der Waals surface area contributed by atoms with Crippen molar-refractivity contribution >= 4 is 27.7 Å². The average Bonchev–Trinajstić information content (AvgIpc) is 2.45. The smallest absolute Gasteiger partial charge is 0.0311 e. The first kappa shape index (κ1) is 14.6. The van der Waals surface area contributed by atoms with Crippen LogP contribution in [0.1, 0.15) is 12.0 Å². The second-order valence-corrected chi connectivity index (χ2v) is 6.44. The van der Waals surface area contributed by atoms with Crippen LogP contribution in [0.4, 0.5) is 0 Å². The van der Waals surface area contributed by atoms with Crippen molar-refractivity contribution in [3.63, 3.8) is 0 Å². The molecule has 0 saturated carbocycles. The number of aryl methyl sites for hydroxylation is 1. The Morgan fingerprint density at radius 1 is 1.00 bits per heavy atom. The number of benzene rings is 2. The molecule has 0 radical (unpaired) electrons. The summed E-state index contributed by atoms with van der Waals surface area (Å²) in [6.07, 6.45) is 2.08. The molecular formula is C16H18BrNS. The molecule has 0 aromatic heterocycles. The number of hydrogen-bond acceptors (Lipinski definition) is 2. The van der Waals surface area contributed by atoms with Crippen molar-refractivity contribution in [2.45, 2.75) is 23.8 Å². The summed E-state index contributed by atoms with van der Waals surface area (Å²) in [5.41, 5.74) is 7.55. The Hall–Kier alpha value is -0.770. The van der Waals surface area contributed by atoms with Gasteiger partial charge in [-0.05, 0) is 46.5 Å². The molecule has 0 aliphatic heterocycles. The van der Waals surface area contributed by atoms with Crippen LogP contribution >= 0.6 is 27.7 Å². The lowest BCUT2D eigenvalue weighted by atomic mass is 10.1. The molecule has 0 spiro atoms. The summed E-state index contributed by atoms with van der Waals surface area (Å²) in [6, 6.07) is 19.0. The van der Waals surface area contributed by atoms with E-state index in [1.807, 2.05) is 23.9 Å². The molecule has 0 aliphatic carbocycles. The summed E-state index contributed by atoms with van der Waals surface area (Å²) in [4.78, 5) is 1.26. The minimum Gasteiger partial charge on any atom is -0.327 e. The summed E-state index contributed by atoms with van der Waals surface area (Å²) in [5.74, 6) is 0.954. The fourth-order valence-corrected chi connectivity index (χ4v) is 3.41. The molecule has 0 heterocycles. The normalized spacial score (nSPS) is 12.3. The third-order valence-electron chi connectivity index (χ3n) is 2.94. The first-order chi connectivity index (χ1) is 9.25. The highest BCUT2D eigenvalue weighted by molar-refractivity contribution is 9.10. The molecule has 2 aromatic carbocycles. The highest BCUT2D eigenvalue weighted by atomic mass is 79.9. The maximum absolute atomic E-state index is 6.18. The molecule has 1 atom stereocenters. The molecule has 0 fully saturated rings. The molecule has 0 amide bonds. The summed E-state index contributed by atoms with van der Waals surface area (Å²) >= 11 is 5.38. The van der Waals surface area contributed by atoms with Crippen LogP contribution in [-0.4, -0.2) is 11.8 Å². The van der Waals surface area contributed by atoms with Gasteiger partial charge >= 0.3 is 0 Å². The zero-order chi connectivity index (χ0) is 13.5. The number of hydrogen-bond donors (Lipinski definition) is 1. The molecule has 3 heteroatoms. The molecule has 0 saturated heterocycles. The zero-order valence-electron chi connectivity index (χ0n) is 10.8. The van der Waals surface area contributed by atoms with Gasteiger partial charge in [-0.1, -0.05) is 42.5 Å². The molecule has 0 bridgehead atoms. The van der Waals surface area contributed by atoms with Crippen molar-refractivity contribution < 1.29 is 0 Å². The van der Waals surface area contributed by atoms with Crippen LogP contribution < -0.4 is 5.73 Å². The second-order valence-electron chi connectivity index (χ2n) is 4.53.